The van der Waals surface area contributed by atoms with E-state index < -0.39 is 12.1 Å². The lowest BCUT2D eigenvalue weighted by Gasteiger charge is -2.24. The van der Waals surface area contributed by atoms with E-state index in [0.717, 1.165) is 0 Å². The number of anilines is 3. The second-order valence-corrected chi connectivity index (χ2v) is 8.22. The lowest BCUT2D eigenvalue weighted by Crippen LogP contribution is -2.39. The molecule has 0 aromatic heterocycles. The Bertz CT molecular complexity index is 1390. The zero-order valence-corrected chi connectivity index (χ0v) is 21.5. The summed E-state index contributed by atoms with van der Waals surface area (Å²) in [6, 6.07) is 31.7. The smallest absolute Gasteiger partial charge is 0.437 e. The summed E-state index contributed by atoms with van der Waals surface area (Å²) in [5, 5.41) is 9.68. The number of amides is 3. The summed E-state index contributed by atoms with van der Waals surface area (Å²) in [6.45, 7) is -0.0179. The second-order valence-electron chi connectivity index (χ2n) is 8.22. The summed E-state index contributed by atoms with van der Waals surface area (Å²) in [5.74, 6) is 1.29. The van der Waals surface area contributed by atoms with E-state index in [1.807, 2.05) is 24.3 Å². The molecule has 0 atom stereocenters. The minimum atomic E-state index is -0.767. The van der Waals surface area contributed by atoms with Crippen molar-refractivity contribution in [3.63, 3.8) is 0 Å². The summed E-state index contributed by atoms with van der Waals surface area (Å²) in [4.78, 5) is 32.7. The number of oxime groups is 1. The van der Waals surface area contributed by atoms with Crippen molar-refractivity contribution < 1.29 is 23.9 Å². The van der Waals surface area contributed by atoms with Gasteiger partial charge in [-0.2, -0.15) is 0 Å². The quantitative estimate of drug-likeness (QED) is 0.150. The number of nitrogens with one attached hydrogen (secondary N) is 2. The zero-order chi connectivity index (χ0) is 27.5. The average molecular weight is 525 g/mol. The van der Waals surface area contributed by atoms with E-state index in [2.05, 4.69) is 15.8 Å². The molecule has 4 aromatic rings. The number of methoxy groups -OCH3 is 2. The number of urea groups is 1. The van der Waals surface area contributed by atoms with Crippen molar-refractivity contribution >= 4 is 34.9 Å². The number of rotatable bonds is 9. The van der Waals surface area contributed by atoms with E-state index in [9.17, 15) is 9.59 Å². The fourth-order valence-corrected chi connectivity index (χ4v) is 3.62. The van der Waals surface area contributed by atoms with Crippen molar-refractivity contribution in [2.75, 3.05) is 36.3 Å². The van der Waals surface area contributed by atoms with E-state index in [1.165, 1.54) is 4.90 Å². The second kappa shape index (κ2) is 13.3. The molecule has 4 rings (SSSR count). The fourth-order valence-electron chi connectivity index (χ4n) is 3.62. The van der Waals surface area contributed by atoms with Crippen LogP contribution in [-0.4, -0.2) is 38.6 Å². The fraction of sp³-hybridized carbons (Fsp3) is 0.100. The zero-order valence-electron chi connectivity index (χ0n) is 21.5. The topological polar surface area (TPSA) is 101 Å². The molecule has 4 aromatic carbocycles. The molecule has 0 aliphatic heterocycles. The average Bonchev–Trinajstić information content (AvgIpc) is 2.98. The van der Waals surface area contributed by atoms with Gasteiger partial charge in [0, 0.05) is 22.6 Å². The number of para-hydroxylation sites is 2. The van der Waals surface area contributed by atoms with Crippen LogP contribution in [-0.2, 0) is 4.84 Å². The number of hydrogen-bond acceptors (Lipinski definition) is 6. The number of carbonyl (C=O) groups is 2. The van der Waals surface area contributed by atoms with E-state index in [0.29, 0.717) is 39.8 Å². The Morgan fingerprint density at radius 2 is 1.21 bits per heavy atom. The highest BCUT2D eigenvalue weighted by molar-refractivity contribution is 6.10. The monoisotopic (exact) mass is 524 g/mol. The number of nitrogens with zero attached hydrogens (tertiary/aromatic N) is 2. The molecule has 0 bridgehead atoms. The minimum Gasteiger partial charge on any atom is -0.497 e. The first kappa shape index (κ1) is 26.7. The molecule has 0 saturated heterocycles. The molecule has 0 fully saturated rings. The van der Waals surface area contributed by atoms with Crippen molar-refractivity contribution in [3.05, 3.63) is 115 Å². The van der Waals surface area contributed by atoms with Crippen LogP contribution in [0.15, 0.2) is 114 Å². The maximum Gasteiger partial charge on any atom is 0.437 e. The largest absolute Gasteiger partial charge is 0.497 e. The standard InChI is InChI=1S/C30H28N4O5/c1-37-26-17-13-22(14-18-26)28(33-39-30(36)32-24-11-7-4-8-12-24)21-34(25-15-19-27(38-2)20-16-25)29(35)31-23-9-5-3-6-10-23/h3-20H,21H2,1-2H3,(H,31,35)(H,32,36)/b33-28-. The van der Waals surface area contributed by atoms with Crippen molar-refractivity contribution in [3.8, 4) is 11.5 Å². The highest BCUT2D eigenvalue weighted by Crippen LogP contribution is 2.22. The number of benzene rings is 4. The molecule has 0 radical (unpaired) electrons. The molecule has 0 spiro atoms. The molecule has 39 heavy (non-hydrogen) atoms. The molecule has 9 heteroatoms. The summed E-state index contributed by atoms with van der Waals surface area (Å²) in [6.07, 6.45) is -0.767. The van der Waals surface area contributed by atoms with Gasteiger partial charge in [-0.1, -0.05) is 41.6 Å². The Balaban J connectivity index is 1.65. The minimum absolute atomic E-state index is 0.0179. The van der Waals surface area contributed by atoms with Gasteiger partial charge < -0.3 is 14.8 Å². The summed E-state index contributed by atoms with van der Waals surface area (Å²) < 4.78 is 10.5. The predicted octanol–water partition coefficient (Wildman–Crippen LogP) is 6.40. The van der Waals surface area contributed by atoms with Crippen LogP contribution in [0.1, 0.15) is 5.56 Å². The molecular formula is C30H28N4O5. The van der Waals surface area contributed by atoms with Gasteiger partial charge in [-0.3, -0.25) is 15.1 Å². The Morgan fingerprint density at radius 3 is 1.74 bits per heavy atom. The molecule has 0 aliphatic rings. The third-order valence-electron chi connectivity index (χ3n) is 5.64. The lowest BCUT2D eigenvalue weighted by molar-refractivity contribution is 0.166. The molecule has 0 unspecified atom stereocenters. The highest BCUT2D eigenvalue weighted by atomic mass is 16.7. The van der Waals surface area contributed by atoms with Gasteiger partial charge in [-0.25, -0.2) is 9.59 Å². The van der Waals surface area contributed by atoms with Crippen molar-refractivity contribution in [1.82, 2.24) is 0 Å². The van der Waals surface area contributed by atoms with Gasteiger partial charge in [-0.15, -0.1) is 0 Å². The predicted molar refractivity (Wildman–Crippen MR) is 152 cm³/mol. The van der Waals surface area contributed by atoms with Crippen LogP contribution in [0, 0.1) is 0 Å². The van der Waals surface area contributed by atoms with Crippen LogP contribution in [0.25, 0.3) is 0 Å². The van der Waals surface area contributed by atoms with Crippen LogP contribution in [0.2, 0.25) is 0 Å². The van der Waals surface area contributed by atoms with Gasteiger partial charge in [0.25, 0.3) is 0 Å². The van der Waals surface area contributed by atoms with Crippen LogP contribution >= 0.6 is 0 Å². The van der Waals surface area contributed by atoms with E-state index in [4.69, 9.17) is 14.3 Å². The van der Waals surface area contributed by atoms with E-state index in [-0.39, 0.29) is 6.54 Å². The normalized spacial score (nSPS) is 10.8. The molecule has 9 nitrogen and oxygen atoms in total. The molecule has 0 heterocycles. The molecule has 0 aliphatic carbocycles. The summed E-state index contributed by atoms with van der Waals surface area (Å²) >= 11 is 0. The first-order chi connectivity index (χ1) is 19.1. The maximum absolute atomic E-state index is 13.5. The van der Waals surface area contributed by atoms with Gasteiger partial charge in [0.05, 0.1) is 20.8 Å². The SMILES string of the molecule is COc1ccc(/C(CN(C(=O)Nc2ccccc2)c2ccc(OC)cc2)=N\OC(=O)Nc2ccccc2)cc1. The van der Waals surface area contributed by atoms with Crippen molar-refractivity contribution in [1.29, 1.82) is 0 Å². The molecular weight excluding hydrogens is 496 g/mol. The van der Waals surface area contributed by atoms with Crippen LogP contribution in [0.3, 0.4) is 0 Å². The van der Waals surface area contributed by atoms with Gasteiger partial charge in [0.1, 0.15) is 17.2 Å². The maximum atomic E-state index is 13.5. The van der Waals surface area contributed by atoms with E-state index in [1.54, 1.807) is 99.1 Å². The summed E-state index contributed by atoms with van der Waals surface area (Å²) in [7, 11) is 3.14. The first-order valence-electron chi connectivity index (χ1n) is 12.1. The van der Waals surface area contributed by atoms with Crippen LogP contribution in [0.5, 0.6) is 11.5 Å². The van der Waals surface area contributed by atoms with Gasteiger partial charge in [0.15, 0.2) is 0 Å². The third kappa shape index (κ3) is 7.59. The van der Waals surface area contributed by atoms with Crippen molar-refractivity contribution in [2.45, 2.75) is 0 Å². The lowest BCUT2D eigenvalue weighted by atomic mass is 10.1. The molecule has 0 saturated carbocycles. The molecule has 3 amide bonds. The van der Waals surface area contributed by atoms with Crippen LogP contribution in [0.4, 0.5) is 26.7 Å². The van der Waals surface area contributed by atoms with Gasteiger partial charge in [-0.05, 0) is 72.8 Å². The highest BCUT2D eigenvalue weighted by Gasteiger charge is 2.21. The van der Waals surface area contributed by atoms with Crippen LogP contribution < -0.4 is 25.0 Å². The van der Waals surface area contributed by atoms with Crippen molar-refractivity contribution in [2.24, 2.45) is 5.16 Å². The number of carbonyl (C=O) groups excluding carboxylic acids is 2. The Hall–Kier alpha value is -5.31. The Labute approximate surface area is 226 Å². The third-order valence-corrected chi connectivity index (χ3v) is 5.64. The molecule has 2 N–H and O–H groups in total. The van der Waals surface area contributed by atoms with E-state index >= 15 is 0 Å². The first-order valence-corrected chi connectivity index (χ1v) is 12.1. The summed E-state index contributed by atoms with van der Waals surface area (Å²) in [5.41, 5.74) is 2.74. The number of ether oxygens (including phenoxy) is 2. The Kier molecular flexibility index (Phi) is 9.12. The van der Waals surface area contributed by atoms with Gasteiger partial charge >= 0.3 is 12.1 Å². The number of hydrogen-bond donors (Lipinski definition) is 2. The Morgan fingerprint density at radius 1 is 0.692 bits per heavy atom. The molecule has 198 valence electrons. The van der Waals surface area contributed by atoms with Gasteiger partial charge in [0.2, 0.25) is 0 Å².